The zero-order valence-electron chi connectivity index (χ0n) is 10.8. The average Bonchev–Trinajstić information content (AvgIpc) is 2.40. The molecule has 0 spiro atoms. The van der Waals surface area contributed by atoms with Gasteiger partial charge in [0, 0.05) is 5.69 Å². The molecule has 110 valence electrons. The van der Waals surface area contributed by atoms with Gasteiger partial charge in [0.15, 0.2) is 5.82 Å². The lowest BCUT2D eigenvalue weighted by Gasteiger charge is -2.11. The van der Waals surface area contributed by atoms with Crippen LogP contribution in [0.4, 0.5) is 24.5 Å². The van der Waals surface area contributed by atoms with E-state index in [9.17, 15) is 18.0 Å². The second-order valence-electron chi connectivity index (χ2n) is 4.39. The van der Waals surface area contributed by atoms with Gasteiger partial charge < -0.3 is 11.1 Å². The number of nitrogen functional groups attached to an aromatic ring is 1. The minimum atomic E-state index is -1.02. The van der Waals surface area contributed by atoms with Gasteiger partial charge in [-0.15, -0.1) is 0 Å². The molecule has 0 bridgehead atoms. The molecule has 21 heavy (non-hydrogen) atoms. The maximum atomic E-state index is 13.7. The van der Waals surface area contributed by atoms with E-state index in [2.05, 4.69) is 21.2 Å². The molecule has 0 aliphatic carbocycles. The van der Waals surface area contributed by atoms with Gasteiger partial charge in [-0.25, -0.2) is 13.2 Å². The molecule has 1 amide bonds. The molecule has 0 saturated carbocycles. The van der Waals surface area contributed by atoms with Gasteiger partial charge in [-0.3, -0.25) is 4.79 Å². The highest BCUT2D eigenvalue weighted by atomic mass is 79.9. The van der Waals surface area contributed by atoms with Crippen molar-refractivity contribution in [2.24, 2.45) is 0 Å². The molecule has 2 rings (SSSR count). The van der Waals surface area contributed by atoms with Crippen molar-refractivity contribution in [2.75, 3.05) is 11.1 Å². The van der Waals surface area contributed by atoms with Gasteiger partial charge in [-0.05, 0) is 52.7 Å². The summed E-state index contributed by atoms with van der Waals surface area (Å²) in [4.78, 5) is 12.0. The molecule has 0 heterocycles. The number of carbonyl (C=O) groups excluding carboxylic acids is 1. The number of nitrogens with one attached hydrogen (secondary N) is 1. The Morgan fingerprint density at radius 2 is 1.86 bits per heavy atom. The molecule has 2 aromatic rings. The first-order chi connectivity index (χ1) is 9.79. The van der Waals surface area contributed by atoms with Gasteiger partial charge >= 0.3 is 0 Å². The minimum Gasteiger partial charge on any atom is -0.396 e. The summed E-state index contributed by atoms with van der Waals surface area (Å²) in [6.07, 6.45) is 0. The predicted molar refractivity (Wildman–Crippen MR) is 77.6 cm³/mol. The summed E-state index contributed by atoms with van der Waals surface area (Å²) in [5.74, 6) is -3.36. The van der Waals surface area contributed by atoms with E-state index in [4.69, 9.17) is 5.73 Å². The summed E-state index contributed by atoms with van der Waals surface area (Å²) in [7, 11) is 0. The second kappa shape index (κ2) is 5.77. The van der Waals surface area contributed by atoms with E-state index in [1.807, 2.05) is 0 Å². The molecular formula is C14H10BrF3N2O. The fourth-order valence-corrected chi connectivity index (χ4v) is 2.20. The van der Waals surface area contributed by atoms with Crippen LogP contribution in [0.1, 0.15) is 15.9 Å². The smallest absolute Gasteiger partial charge is 0.258 e. The number of amides is 1. The molecule has 3 N–H and O–H groups in total. The molecule has 0 atom stereocenters. The zero-order chi connectivity index (χ0) is 15.7. The number of carbonyl (C=O) groups is 1. The minimum absolute atomic E-state index is 0.155. The van der Waals surface area contributed by atoms with E-state index in [0.29, 0.717) is 5.56 Å². The fraction of sp³-hybridized carbons (Fsp3) is 0.0714. The fourth-order valence-electron chi connectivity index (χ4n) is 1.75. The molecule has 0 fully saturated rings. The highest BCUT2D eigenvalue weighted by Crippen LogP contribution is 2.25. The molecule has 0 aliphatic rings. The van der Waals surface area contributed by atoms with Gasteiger partial charge in [0.2, 0.25) is 0 Å². The molecule has 2 aromatic carbocycles. The van der Waals surface area contributed by atoms with Gasteiger partial charge in [0.05, 0.1) is 15.7 Å². The Labute approximate surface area is 127 Å². The van der Waals surface area contributed by atoms with Crippen molar-refractivity contribution >= 4 is 33.2 Å². The monoisotopic (exact) mass is 358 g/mol. The number of halogens is 4. The lowest BCUT2D eigenvalue weighted by molar-refractivity contribution is 0.102. The van der Waals surface area contributed by atoms with E-state index in [0.717, 1.165) is 18.2 Å². The first-order valence-corrected chi connectivity index (χ1v) is 6.60. The average molecular weight is 359 g/mol. The van der Waals surface area contributed by atoms with Crippen LogP contribution in [-0.2, 0) is 0 Å². The number of benzene rings is 2. The maximum absolute atomic E-state index is 13.7. The van der Waals surface area contributed by atoms with Crippen LogP contribution in [0.2, 0.25) is 0 Å². The summed E-state index contributed by atoms with van der Waals surface area (Å²) < 4.78 is 40.7. The number of rotatable bonds is 2. The lowest BCUT2D eigenvalue weighted by Crippen LogP contribution is -2.16. The number of nitrogens with two attached hydrogens (primary N) is 1. The van der Waals surface area contributed by atoms with Crippen LogP contribution < -0.4 is 11.1 Å². The third-order valence-electron chi connectivity index (χ3n) is 2.83. The van der Waals surface area contributed by atoms with Gasteiger partial charge in [-0.2, -0.15) is 0 Å². The summed E-state index contributed by atoms with van der Waals surface area (Å²) in [5, 5.41) is 2.33. The van der Waals surface area contributed by atoms with Gasteiger partial charge in [0.25, 0.3) is 5.91 Å². The molecular weight excluding hydrogens is 349 g/mol. The van der Waals surface area contributed by atoms with E-state index in [-0.39, 0.29) is 10.2 Å². The zero-order valence-corrected chi connectivity index (χ0v) is 12.4. The predicted octanol–water partition coefficient (Wildman–Crippen LogP) is 4.01. The molecule has 0 aliphatic heterocycles. The Morgan fingerprint density at radius 3 is 2.52 bits per heavy atom. The van der Waals surface area contributed by atoms with Crippen molar-refractivity contribution in [2.45, 2.75) is 6.92 Å². The second-order valence-corrected chi connectivity index (χ2v) is 5.25. The SMILES string of the molecule is Cc1cc(Br)c(F)cc1NC(=O)c1cc(F)cc(N)c1F. The molecule has 3 nitrogen and oxygen atoms in total. The summed E-state index contributed by atoms with van der Waals surface area (Å²) in [5.41, 5.74) is 4.96. The van der Waals surface area contributed by atoms with Crippen molar-refractivity contribution in [1.82, 2.24) is 0 Å². The van der Waals surface area contributed by atoms with E-state index >= 15 is 0 Å². The summed E-state index contributed by atoms with van der Waals surface area (Å²) >= 11 is 3.01. The van der Waals surface area contributed by atoms with Gasteiger partial charge in [0.1, 0.15) is 11.6 Å². The van der Waals surface area contributed by atoms with Crippen LogP contribution in [0.15, 0.2) is 28.7 Å². The number of anilines is 2. The van der Waals surface area contributed by atoms with Crippen LogP contribution in [0, 0.1) is 24.4 Å². The Balaban J connectivity index is 2.37. The Kier molecular flexibility index (Phi) is 4.22. The number of hydrogen-bond donors (Lipinski definition) is 2. The van der Waals surface area contributed by atoms with Crippen molar-refractivity contribution in [3.63, 3.8) is 0 Å². The maximum Gasteiger partial charge on any atom is 0.258 e. The number of hydrogen-bond acceptors (Lipinski definition) is 2. The quantitative estimate of drug-likeness (QED) is 0.797. The summed E-state index contributed by atoms with van der Waals surface area (Å²) in [6.45, 7) is 1.64. The highest BCUT2D eigenvalue weighted by molar-refractivity contribution is 9.10. The Hall–Kier alpha value is -2.02. The third-order valence-corrected chi connectivity index (χ3v) is 3.43. The molecule has 0 aromatic heterocycles. The largest absolute Gasteiger partial charge is 0.396 e. The van der Waals surface area contributed by atoms with Crippen molar-refractivity contribution in [3.8, 4) is 0 Å². The van der Waals surface area contributed by atoms with Crippen LogP contribution in [-0.4, -0.2) is 5.91 Å². The van der Waals surface area contributed by atoms with Crippen molar-refractivity contribution in [3.05, 3.63) is 57.3 Å². The lowest BCUT2D eigenvalue weighted by atomic mass is 10.1. The van der Waals surface area contributed by atoms with E-state index < -0.39 is 34.6 Å². The first-order valence-electron chi connectivity index (χ1n) is 5.81. The van der Waals surface area contributed by atoms with Crippen LogP contribution >= 0.6 is 15.9 Å². The third kappa shape index (κ3) is 3.18. The number of aryl methyl sites for hydroxylation is 1. The van der Waals surface area contributed by atoms with E-state index in [1.54, 1.807) is 6.92 Å². The highest BCUT2D eigenvalue weighted by Gasteiger charge is 2.17. The molecule has 0 saturated heterocycles. The summed E-state index contributed by atoms with van der Waals surface area (Å²) in [6, 6.07) is 4.04. The van der Waals surface area contributed by atoms with E-state index in [1.165, 1.54) is 6.07 Å². The van der Waals surface area contributed by atoms with Gasteiger partial charge in [-0.1, -0.05) is 0 Å². The normalized spacial score (nSPS) is 10.5. The van der Waals surface area contributed by atoms with Crippen molar-refractivity contribution < 1.29 is 18.0 Å². The van der Waals surface area contributed by atoms with Crippen LogP contribution in [0.5, 0.6) is 0 Å². The van der Waals surface area contributed by atoms with Crippen LogP contribution in [0.3, 0.4) is 0 Å². The first kappa shape index (κ1) is 15.4. The van der Waals surface area contributed by atoms with Crippen molar-refractivity contribution in [1.29, 1.82) is 0 Å². The molecule has 7 heteroatoms. The molecule has 0 radical (unpaired) electrons. The standard InChI is InChI=1S/C14H10BrF3N2O/c1-6-2-9(15)10(17)5-12(6)20-14(21)8-3-7(16)4-11(19)13(8)18/h2-5H,19H2,1H3,(H,20,21). The molecule has 0 unspecified atom stereocenters. The Morgan fingerprint density at radius 1 is 1.19 bits per heavy atom. The Bertz CT molecular complexity index is 735. The van der Waals surface area contributed by atoms with Crippen LogP contribution in [0.25, 0.3) is 0 Å². The topological polar surface area (TPSA) is 55.1 Å².